The molecule has 34 heavy (non-hydrogen) atoms. The molecule has 3 aromatic rings. The second kappa shape index (κ2) is 8.03. The van der Waals surface area contributed by atoms with E-state index >= 15 is 4.39 Å². The highest BCUT2D eigenvalue weighted by Gasteiger charge is 2.49. The van der Waals surface area contributed by atoms with Gasteiger partial charge in [0.15, 0.2) is 11.6 Å². The molecule has 4 rings (SSSR count). The molecule has 10 heteroatoms. The van der Waals surface area contributed by atoms with Gasteiger partial charge in [0.05, 0.1) is 10.9 Å². The van der Waals surface area contributed by atoms with Crippen molar-refractivity contribution in [3.63, 3.8) is 0 Å². The number of ether oxygens (including phenoxy) is 1. The van der Waals surface area contributed by atoms with Gasteiger partial charge in [-0.15, -0.1) is 13.2 Å². The van der Waals surface area contributed by atoms with Gasteiger partial charge in [0.1, 0.15) is 5.75 Å². The van der Waals surface area contributed by atoms with Crippen LogP contribution in [0.1, 0.15) is 47.8 Å². The van der Waals surface area contributed by atoms with E-state index in [-0.39, 0.29) is 33.6 Å². The zero-order valence-corrected chi connectivity index (χ0v) is 18.2. The Morgan fingerprint density at radius 3 is 2.21 bits per heavy atom. The molecular formula is C24H21F4NO5. The zero-order valence-electron chi connectivity index (χ0n) is 18.2. The second-order valence-corrected chi connectivity index (χ2v) is 8.60. The molecule has 1 fully saturated rings. The maximum atomic E-state index is 15.2. The molecule has 1 saturated carbocycles. The highest BCUT2D eigenvalue weighted by molar-refractivity contribution is 6.06. The van der Waals surface area contributed by atoms with Crippen LogP contribution in [0, 0.1) is 18.7 Å². The molecule has 0 spiro atoms. The van der Waals surface area contributed by atoms with Gasteiger partial charge in [-0.25, -0.2) is 4.39 Å². The van der Waals surface area contributed by atoms with Gasteiger partial charge in [-0.1, -0.05) is 6.42 Å². The van der Waals surface area contributed by atoms with E-state index in [1.165, 1.54) is 19.9 Å². The third-order valence-electron chi connectivity index (χ3n) is 6.71. The Labute approximate surface area is 191 Å². The molecule has 1 atom stereocenters. The van der Waals surface area contributed by atoms with Gasteiger partial charge in [-0.3, -0.25) is 14.2 Å². The molecule has 0 saturated heterocycles. The minimum Gasteiger partial charge on any atom is -0.505 e. The van der Waals surface area contributed by atoms with Crippen molar-refractivity contribution in [2.24, 2.45) is 5.92 Å². The van der Waals surface area contributed by atoms with Crippen LogP contribution >= 0.6 is 0 Å². The maximum Gasteiger partial charge on any atom is 0.573 e. The van der Waals surface area contributed by atoms with Crippen molar-refractivity contribution in [2.45, 2.75) is 44.9 Å². The number of phenolic OH excluding ortho intramolecular Hbond substituents is 1. The summed E-state index contributed by atoms with van der Waals surface area (Å²) in [7, 11) is 0. The lowest BCUT2D eigenvalue weighted by molar-refractivity contribution is -0.274. The summed E-state index contributed by atoms with van der Waals surface area (Å²) < 4.78 is 57.5. The standard InChI is InChI=1S/C24H21F4NO5/c1-12-19(23(2,22(32)33)14-4-3-5-14)18-16(10-11-17(30)20(18)25)29(12)21(31)13-6-8-15(9-7-13)34-24(26,27)28/h6-11,14,30H,3-5H2,1-2H3,(H,32,33)/t23-/m1/s1. The van der Waals surface area contributed by atoms with Gasteiger partial charge in [-0.2, -0.15) is 0 Å². The fourth-order valence-corrected chi connectivity index (χ4v) is 4.75. The van der Waals surface area contributed by atoms with Gasteiger partial charge in [0, 0.05) is 22.2 Å². The first-order valence-corrected chi connectivity index (χ1v) is 10.5. The fraction of sp³-hybridized carbons (Fsp3) is 0.333. The van der Waals surface area contributed by atoms with Crippen LogP contribution in [0.15, 0.2) is 36.4 Å². The van der Waals surface area contributed by atoms with Gasteiger partial charge in [0.25, 0.3) is 5.91 Å². The number of carbonyl (C=O) groups excluding carboxylic acids is 1. The van der Waals surface area contributed by atoms with E-state index in [4.69, 9.17) is 0 Å². The number of carboxylic acids is 1. The number of hydrogen-bond acceptors (Lipinski definition) is 4. The summed E-state index contributed by atoms with van der Waals surface area (Å²) in [4.78, 5) is 25.9. The number of benzene rings is 2. The van der Waals surface area contributed by atoms with Crippen LogP contribution in [0.25, 0.3) is 10.9 Å². The van der Waals surface area contributed by atoms with Crippen molar-refractivity contribution in [1.82, 2.24) is 4.57 Å². The van der Waals surface area contributed by atoms with Crippen LogP contribution in [-0.4, -0.2) is 33.0 Å². The first kappa shape index (κ1) is 23.6. The van der Waals surface area contributed by atoms with Crippen molar-refractivity contribution >= 4 is 22.8 Å². The second-order valence-electron chi connectivity index (χ2n) is 8.60. The Bertz CT molecular complexity index is 1290. The molecule has 1 heterocycles. The summed E-state index contributed by atoms with van der Waals surface area (Å²) in [5, 5.41) is 20.0. The molecule has 0 aliphatic heterocycles. The van der Waals surface area contributed by atoms with Crippen LogP contribution in [0.2, 0.25) is 0 Å². The number of aromatic nitrogens is 1. The monoisotopic (exact) mass is 479 g/mol. The normalized spacial score (nSPS) is 16.2. The maximum absolute atomic E-state index is 15.2. The molecule has 1 aliphatic rings. The molecule has 2 N–H and O–H groups in total. The lowest BCUT2D eigenvalue weighted by atomic mass is 9.62. The highest BCUT2D eigenvalue weighted by atomic mass is 19.4. The van der Waals surface area contributed by atoms with Crippen LogP contribution in [0.5, 0.6) is 11.5 Å². The van der Waals surface area contributed by atoms with E-state index in [9.17, 15) is 33.0 Å². The third-order valence-corrected chi connectivity index (χ3v) is 6.71. The average Bonchev–Trinajstić information content (AvgIpc) is 3.01. The van der Waals surface area contributed by atoms with Gasteiger partial charge in [-0.05, 0) is 69.0 Å². The lowest BCUT2D eigenvalue weighted by Crippen LogP contribution is -2.44. The third kappa shape index (κ3) is 3.66. The minimum absolute atomic E-state index is 0.0183. The number of halogens is 4. The number of aliphatic carboxylic acids is 1. The number of carboxylic acid groups (broad SMARTS) is 1. The van der Waals surface area contributed by atoms with E-state index < -0.39 is 41.0 Å². The number of rotatable bonds is 5. The predicted octanol–water partition coefficient (Wildman–Crippen LogP) is 5.52. The Morgan fingerprint density at radius 2 is 1.71 bits per heavy atom. The molecular weight excluding hydrogens is 458 g/mol. The summed E-state index contributed by atoms with van der Waals surface area (Å²) in [5.74, 6) is -4.41. The van der Waals surface area contributed by atoms with Crippen LogP contribution in [-0.2, 0) is 10.2 Å². The molecule has 2 aromatic carbocycles. The molecule has 1 aliphatic carbocycles. The van der Waals surface area contributed by atoms with Crippen molar-refractivity contribution < 1.29 is 42.1 Å². The summed E-state index contributed by atoms with van der Waals surface area (Å²) >= 11 is 0. The summed E-state index contributed by atoms with van der Waals surface area (Å²) in [6.07, 6.45) is -2.84. The molecule has 1 aromatic heterocycles. The number of fused-ring (bicyclic) bond motifs is 1. The average molecular weight is 479 g/mol. The van der Waals surface area contributed by atoms with Crippen molar-refractivity contribution in [3.8, 4) is 11.5 Å². The van der Waals surface area contributed by atoms with Gasteiger partial charge < -0.3 is 14.9 Å². The van der Waals surface area contributed by atoms with Gasteiger partial charge in [0.2, 0.25) is 0 Å². The number of aromatic hydroxyl groups is 1. The molecule has 6 nitrogen and oxygen atoms in total. The molecule has 0 amide bonds. The SMILES string of the molecule is Cc1c([C@](C)(C(=O)O)C2CCC2)c2c(F)c(O)ccc2n1C(=O)c1ccc(OC(F)(F)F)cc1. The smallest absolute Gasteiger partial charge is 0.505 e. The first-order valence-electron chi connectivity index (χ1n) is 10.5. The van der Waals surface area contributed by atoms with E-state index in [0.717, 1.165) is 41.3 Å². The number of alkyl halides is 3. The number of nitrogens with zero attached hydrogens (tertiary/aromatic N) is 1. The first-order chi connectivity index (χ1) is 15.9. The topological polar surface area (TPSA) is 88.8 Å². The summed E-state index contributed by atoms with van der Waals surface area (Å²) in [6.45, 7) is 2.98. The van der Waals surface area contributed by atoms with E-state index in [0.29, 0.717) is 12.8 Å². The Balaban J connectivity index is 1.91. The van der Waals surface area contributed by atoms with Crippen molar-refractivity contribution in [2.75, 3.05) is 0 Å². The van der Waals surface area contributed by atoms with E-state index in [1.54, 1.807) is 0 Å². The van der Waals surface area contributed by atoms with Crippen LogP contribution < -0.4 is 4.74 Å². The largest absolute Gasteiger partial charge is 0.573 e. The van der Waals surface area contributed by atoms with E-state index in [2.05, 4.69) is 4.74 Å². The quantitative estimate of drug-likeness (QED) is 0.470. The fourth-order valence-electron chi connectivity index (χ4n) is 4.75. The summed E-state index contributed by atoms with van der Waals surface area (Å²) in [6, 6.07) is 6.59. The lowest BCUT2D eigenvalue weighted by Gasteiger charge is -2.40. The Hall–Kier alpha value is -3.56. The number of hydrogen-bond donors (Lipinski definition) is 2. The highest BCUT2D eigenvalue weighted by Crippen LogP contribution is 2.49. The number of phenols is 1. The Kier molecular flexibility index (Phi) is 5.58. The van der Waals surface area contributed by atoms with Gasteiger partial charge >= 0.3 is 12.3 Å². The predicted molar refractivity (Wildman–Crippen MR) is 113 cm³/mol. The molecule has 0 bridgehead atoms. The van der Waals surface area contributed by atoms with Crippen molar-refractivity contribution in [3.05, 3.63) is 59.0 Å². The van der Waals surface area contributed by atoms with Crippen LogP contribution in [0.4, 0.5) is 17.6 Å². The zero-order chi connectivity index (χ0) is 25.0. The van der Waals surface area contributed by atoms with Crippen molar-refractivity contribution in [1.29, 1.82) is 0 Å². The number of carbonyl (C=O) groups is 2. The van der Waals surface area contributed by atoms with E-state index in [1.807, 2.05) is 0 Å². The minimum atomic E-state index is -4.89. The molecule has 0 radical (unpaired) electrons. The molecule has 180 valence electrons. The molecule has 0 unspecified atom stereocenters. The summed E-state index contributed by atoms with van der Waals surface area (Å²) in [5.41, 5.74) is -1.22. The Morgan fingerprint density at radius 1 is 1.09 bits per heavy atom. The van der Waals surface area contributed by atoms with Crippen LogP contribution in [0.3, 0.4) is 0 Å².